The van der Waals surface area contributed by atoms with Crippen LogP contribution in [0.1, 0.15) is 25.7 Å². The lowest BCUT2D eigenvalue weighted by molar-refractivity contribution is -0.151. The van der Waals surface area contributed by atoms with E-state index >= 15 is 0 Å². The number of hydrogen-bond donors (Lipinski definition) is 2. The van der Waals surface area contributed by atoms with Gasteiger partial charge in [0.2, 0.25) is 5.78 Å². The van der Waals surface area contributed by atoms with Gasteiger partial charge in [-0.15, -0.1) is 0 Å². The largest absolute Gasteiger partial charge is 0.476 e. The average Bonchev–Trinajstić information content (AvgIpc) is 2.70. The molecule has 0 aromatic heterocycles. The van der Waals surface area contributed by atoms with Crippen molar-refractivity contribution in [3.8, 4) is 0 Å². The summed E-state index contributed by atoms with van der Waals surface area (Å²) in [5.41, 5.74) is 0. The highest BCUT2D eigenvalue weighted by Crippen LogP contribution is 2.06. The van der Waals surface area contributed by atoms with Crippen LogP contribution in [-0.4, -0.2) is 94.9 Å². The Kier molecular flexibility index (Phi) is 14.3. The third-order valence-electron chi connectivity index (χ3n) is 3.90. The summed E-state index contributed by atoms with van der Waals surface area (Å²) in [5, 5.41) is 11.7. The van der Waals surface area contributed by atoms with Crippen molar-refractivity contribution < 1.29 is 43.2 Å². The van der Waals surface area contributed by atoms with E-state index in [9.17, 15) is 14.4 Å². The molecule has 162 valence electrons. The fourth-order valence-electron chi connectivity index (χ4n) is 2.39. The molecule has 1 rings (SSSR count). The summed E-state index contributed by atoms with van der Waals surface area (Å²) in [6, 6.07) is 0. The molecular formula is C18H31NO9. The number of esters is 1. The van der Waals surface area contributed by atoms with Crippen molar-refractivity contribution in [1.29, 1.82) is 0 Å². The van der Waals surface area contributed by atoms with Crippen LogP contribution in [0.3, 0.4) is 0 Å². The first-order valence-corrected chi connectivity index (χ1v) is 9.57. The van der Waals surface area contributed by atoms with E-state index in [1.807, 2.05) is 0 Å². The molecule has 0 bridgehead atoms. The molecule has 0 aliphatic carbocycles. The van der Waals surface area contributed by atoms with E-state index in [2.05, 4.69) is 5.32 Å². The summed E-state index contributed by atoms with van der Waals surface area (Å²) < 4.78 is 26.5. The van der Waals surface area contributed by atoms with Gasteiger partial charge in [-0.05, 0) is 25.9 Å². The van der Waals surface area contributed by atoms with Gasteiger partial charge in [-0.1, -0.05) is 0 Å². The molecule has 0 unspecified atom stereocenters. The Morgan fingerprint density at radius 3 is 1.89 bits per heavy atom. The van der Waals surface area contributed by atoms with Crippen LogP contribution in [0.15, 0.2) is 0 Å². The third kappa shape index (κ3) is 13.6. The minimum Gasteiger partial charge on any atom is -0.476 e. The van der Waals surface area contributed by atoms with Gasteiger partial charge < -0.3 is 34.1 Å². The minimum atomic E-state index is -1.55. The zero-order valence-corrected chi connectivity index (χ0v) is 16.2. The van der Waals surface area contributed by atoms with Crippen molar-refractivity contribution >= 4 is 17.7 Å². The molecule has 0 aromatic carbocycles. The second kappa shape index (κ2) is 16.4. The predicted octanol–water partition coefficient (Wildman–Crippen LogP) is -0.218. The molecule has 0 amide bonds. The summed E-state index contributed by atoms with van der Waals surface area (Å²) in [7, 11) is 0. The van der Waals surface area contributed by atoms with Crippen LogP contribution in [0.4, 0.5) is 0 Å². The number of rotatable bonds is 17. The Labute approximate surface area is 164 Å². The fraction of sp³-hybridized carbons (Fsp3) is 0.833. The maximum absolute atomic E-state index is 11.3. The first-order valence-electron chi connectivity index (χ1n) is 9.57. The number of carbonyl (C=O) groups is 3. The maximum Gasteiger partial charge on any atom is 0.372 e. The van der Waals surface area contributed by atoms with Crippen LogP contribution < -0.4 is 5.32 Å². The maximum atomic E-state index is 11.3. The quantitative estimate of drug-likeness (QED) is 0.190. The van der Waals surface area contributed by atoms with E-state index in [0.29, 0.717) is 45.7 Å². The molecule has 1 aliphatic heterocycles. The zero-order chi connectivity index (χ0) is 20.5. The monoisotopic (exact) mass is 405 g/mol. The molecule has 0 saturated carbocycles. The Morgan fingerprint density at radius 2 is 1.32 bits per heavy atom. The van der Waals surface area contributed by atoms with E-state index in [1.54, 1.807) is 0 Å². The smallest absolute Gasteiger partial charge is 0.372 e. The number of carboxylic acids is 1. The second-order valence-electron chi connectivity index (χ2n) is 6.11. The molecular weight excluding hydrogens is 374 g/mol. The standard InChI is InChI=1S/C18H31NO9/c20-16(18(22)23)1-2-17(21)28-14-12-26-10-8-24-7-9-25-11-13-27-15-3-5-19-6-4-15/h15,19H,1-14H2,(H,22,23). The molecule has 1 aliphatic rings. The molecule has 1 saturated heterocycles. The number of ether oxygens (including phenoxy) is 5. The van der Waals surface area contributed by atoms with Gasteiger partial charge in [-0.3, -0.25) is 9.59 Å². The van der Waals surface area contributed by atoms with Gasteiger partial charge in [0.15, 0.2) is 0 Å². The van der Waals surface area contributed by atoms with Crippen LogP contribution in [0, 0.1) is 0 Å². The van der Waals surface area contributed by atoms with Crippen molar-refractivity contribution in [2.45, 2.75) is 31.8 Å². The molecule has 10 heteroatoms. The van der Waals surface area contributed by atoms with Gasteiger partial charge in [0.05, 0.1) is 58.8 Å². The Morgan fingerprint density at radius 1 is 0.786 bits per heavy atom. The Bertz CT molecular complexity index is 452. The van der Waals surface area contributed by atoms with Crippen LogP contribution in [0.2, 0.25) is 0 Å². The van der Waals surface area contributed by atoms with Crippen LogP contribution in [0.25, 0.3) is 0 Å². The second-order valence-corrected chi connectivity index (χ2v) is 6.11. The predicted molar refractivity (Wildman–Crippen MR) is 97.1 cm³/mol. The van der Waals surface area contributed by atoms with Gasteiger partial charge in [0, 0.05) is 6.42 Å². The van der Waals surface area contributed by atoms with Crippen LogP contribution in [0.5, 0.6) is 0 Å². The number of piperidine rings is 1. The number of hydrogen-bond acceptors (Lipinski definition) is 9. The van der Waals surface area contributed by atoms with Crippen LogP contribution >= 0.6 is 0 Å². The molecule has 1 heterocycles. The van der Waals surface area contributed by atoms with Crippen molar-refractivity contribution in [3.05, 3.63) is 0 Å². The van der Waals surface area contributed by atoms with Gasteiger partial charge in [-0.25, -0.2) is 4.79 Å². The SMILES string of the molecule is O=C(CCC(=O)C(=O)O)OCCOCCOCCOCCOC1CCNCC1. The van der Waals surface area contributed by atoms with Crippen LogP contribution in [-0.2, 0) is 38.1 Å². The Balaban J connectivity index is 1.76. The van der Waals surface area contributed by atoms with E-state index < -0.39 is 17.7 Å². The first-order chi connectivity index (χ1) is 13.6. The van der Waals surface area contributed by atoms with Crippen molar-refractivity contribution in [3.63, 3.8) is 0 Å². The molecule has 0 spiro atoms. The highest BCUT2D eigenvalue weighted by molar-refractivity contribution is 6.32. The topological polar surface area (TPSA) is 130 Å². The number of Topliss-reactive ketones (excluding diaryl/α,β-unsaturated/α-hetero) is 1. The van der Waals surface area contributed by atoms with E-state index in [-0.39, 0.29) is 26.1 Å². The van der Waals surface area contributed by atoms with Gasteiger partial charge >= 0.3 is 11.9 Å². The highest BCUT2D eigenvalue weighted by atomic mass is 16.6. The van der Waals surface area contributed by atoms with Crippen molar-refractivity contribution in [2.75, 3.05) is 65.9 Å². The van der Waals surface area contributed by atoms with E-state index in [0.717, 1.165) is 25.9 Å². The van der Waals surface area contributed by atoms with Gasteiger partial charge in [0.1, 0.15) is 6.61 Å². The normalized spacial score (nSPS) is 14.7. The molecule has 10 nitrogen and oxygen atoms in total. The summed E-state index contributed by atoms with van der Waals surface area (Å²) >= 11 is 0. The number of carbonyl (C=O) groups excluding carboxylic acids is 2. The third-order valence-corrected chi connectivity index (χ3v) is 3.90. The molecule has 0 radical (unpaired) electrons. The fourth-order valence-corrected chi connectivity index (χ4v) is 2.39. The molecule has 28 heavy (non-hydrogen) atoms. The summed E-state index contributed by atoms with van der Waals surface area (Å²) in [4.78, 5) is 32.4. The zero-order valence-electron chi connectivity index (χ0n) is 16.2. The average molecular weight is 405 g/mol. The molecule has 1 fully saturated rings. The van der Waals surface area contributed by atoms with Crippen molar-refractivity contribution in [2.24, 2.45) is 0 Å². The van der Waals surface area contributed by atoms with Crippen molar-refractivity contribution in [1.82, 2.24) is 5.32 Å². The van der Waals surface area contributed by atoms with E-state index in [1.165, 1.54) is 0 Å². The summed E-state index contributed by atoms with van der Waals surface area (Å²) in [6.07, 6.45) is 1.82. The lowest BCUT2D eigenvalue weighted by Crippen LogP contribution is -2.33. The summed E-state index contributed by atoms with van der Waals surface area (Å²) in [6.45, 7) is 5.11. The number of aliphatic carboxylic acids is 1. The molecule has 2 N–H and O–H groups in total. The van der Waals surface area contributed by atoms with E-state index in [4.69, 9.17) is 28.8 Å². The molecule has 0 aromatic rings. The number of ketones is 1. The summed E-state index contributed by atoms with van der Waals surface area (Å²) in [5.74, 6) is -3.19. The lowest BCUT2D eigenvalue weighted by atomic mass is 10.1. The van der Waals surface area contributed by atoms with Gasteiger partial charge in [0.25, 0.3) is 0 Å². The number of carboxylic acid groups (broad SMARTS) is 1. The molecule has 0 atom stereocenters. The minimum absolute atomic E-state index is 0.0419. The van der Waals surface area contributed by atoms with Gasteiger partial charge in [-0.2, -0.15) is 0 Å². The first kappa shape index (κ1) is 24.4. The lowest BCUT2D eigenvalue weighted by Gasteiger charge is -2.22. The number of nitrogens with one attached hydrogen (secondary N) is 1. The highest BCUT2D eigenvalue weighted by Gasteiger charge is 2.14. The Hall–Kier alpha value is -1.59.